The van der Waals surface area contributed by atoms with E-state index >= 15 is 0 Å². The van der Waals surface area contributed by atoms with Gasteiger partial charge in [0.25, 0.3) is 0 Å². The number of Topliss-reactive ketones (excluding diaryl/α,β-unsaturated/α-hetero) is 1. The van der Waals surface area contributed by atoms with Gasteiger partial charge in [-0.1, -0.05) is 13.8 Å². The Kier molecular flexibility index (Phi) is 3.71. The molecule has 0 aromatic heterocycles. The van der Waals surface area contributed by atoms with Gasteiger partial charge in [-0.05, 0) is 37.1 Å². The third-order valence-electron chi connectivity index (χ3n) is 3.53. The minimum Gasteiger partial charge on any atom is -0.324 e. The lowest BCUT2D eigenvalue weighted by Gasteiger charge is -2.24. The van der Waals surface area contributed by atoms with Crippen molar-refractivity contribution in [2.45, 2.75) is 33.2 Å². The van der Waals surface area contributed by atoms with E-state index in [1.54, 1.807) is 6.07 Å². The Labute approximate surface area is 113 Å². The molecule has 4 heteroatoms. The molecule has 4 nitrogen and oxygen atoms in total. The summed E-state index contributed by atoms with van der Waals surface area (Å²) in [6.45, 7) is 5.85. The average molecular weight is 260 g/mol. The van der Waals surface area contributed by atoms with Crippen LogP contribution < -0.4 is 10.6 Å². The van der Waals surface area contributed by atoms with Crippen molar-refractivity contribution in [2.24, 2.45) is 11.7 Å². The first kappa shape index (κ1) is 13.7. The molecule has 0 spiro atoms. The molecule has 1 heterocycles. The molecule has 0 saturated heterocycles. The zero-order valence-electron chi connectivity index (χ0n) is 11.6. The van der Waals surface area contributed by atoms with Crippen molar-refractivity contribution < 1.29 is 9.59 Å². The zero-order chi connectivity index (χ0) is 14.2. The summed E-state index contributed by atoms with van der Waals surface area (Å²) in [7, 11) is 0. The molecule has 2 rings (SSSR count). The largest absolute Gasteiger partial charge is 0.324 e. The fourth-order valence-corrected chi connectivity index (χ4v) is 2.54. The number of nitrogens with two attached hydrogens (primary N) is 1. The molecule has 2 N–H and O–H groups in total. The van der Waals surface area contributed by atoms with E-state index in [1.807, 2.05) is 37.8 Å². The molecular weight excluding hydrogens is 240 g/mol. The molecule has 0 fully saturated rings. The maximum atomic E-state index is 12.2. The SMILES string of the molecule is CC(C)C(=O)N1c2ccc(C(=O)CN)cc2CC1C. The number of hydrogen-bond acceptors (Lipinski definition) is 3. The minimum absolute atomic E-state index is 0.0168. The fraction of sp³-hybridized carbons (Fsp3) is 0.467. The quantitative estimate of drug-likeness (QED) is 0.842. The van der Waals surface area contributed by atoms with Crippen LogP contribution in [-0.2, 0) is 11.2 Å². The first-order chi connectivity index (χ1) is 8.95. The van der Waals surface area contributed by atoms with Crippen LogP contribution in [0.15, 0.2) is 18.2 Å². The normalized spacial score (nSPS) is 17.7. The van der Waals surface area contributed by atoms with Crippen LogP contribution in [0.25, 0.3) is 0 Å². The van der Waals surface area contributed by atoms with E-state index in [2.05, 4.69) is 0 Å². The number of amides is 1. The van der Waals surface area contributed by atoms with Gasteiger partial charge < -0.3 is 10.6 Å². The summed E-state index contributed by atoms with van der Waals surface area (Å²) in [6.07, 6.45) is 0.791. The van der Waals surface area contributed by atoms with Gasteiger partial charge in [-0.2, -0.15) is 0 Å². The number of rotatable bonds is 3. The topological polar surface area (TPSA) is 63.4 Å². The molecule has 1 aliphatic rings. The van der Waals surface area contributed by atoms with E-state index < -0.39 is 0 Å². The Morgan fingerprint density at radius 2 is 2.11 bits per heavy atom. The number of benzene rings is 1. The lowest BCUT2D eigenvalue weighted by atomic mass is 10.0. The second-order valence-corrected chi connectivity index (χ2v) is 5.39. The Balaban J connectivity index is 2.38. The smallest absolute Gasteiger partial charge is 0.229 e. The lowest BCUT2D eigenvalue weighted by molar-refractivity contribution is -0.121. The molecule has 0 saturated carbocycles. The van der Waals surface area contributed by atoms with Crippen molar-refractivity contribution in [2.75, 3.05) is 11.4 Å². The Morgan fingerprint density at radius 3 is 2.68 bits per heavy atom. The standard InChI is InChI=1S/C15H20N2O2/c1-9(2)15(19)17-10(3)6-12-7-11(14(18)8-16)4-5-13(12)17/h4-5,7,9-10H,6,8,16H2,1-3H3. The molecule has 1 aromatic carbocycles. The monoisotopic (exact) mass is 260 g/mol. The highest BCUT2D eigenvalue weighted by molar-refractivity contribution is 6.01. The first-order valence-electron chi connectivity index (χ1n) is 6.65. The molecule has 1 amide bonds. The minimum atomic E-state index is -0.0657. The average Bonchev–Trinajstić information content (AvgIpc) is 2.71. The van der Waals surface area contributed by atoms with Crippen molar-refractivity contribution in [3.8, 4) is 0 Å². The predicted molar refractivity (Wildman–Crippen MR) is 75.3 cm³/mol. The third kappa shape index (κ3) is 2.40. The van der Waals surface area contributed by atoms with Crippen LogP contribution in [-0.4, -0.2) is 24.3 Å². The highest BCUT2D eigenvalue weighted by Gasteiger charge is 2.32. The predicted octanol–water partition coefficient (Wildman–Crippen LogP) is 1.76. The highest BCUT2D eigenvalue weighted by atomic mass is 16.2. The molecule has 19 heavy (non-hydrogen) atoms. The highest BCUT2D eigenvalue weighted by Crippen LogP contribution is 2.34. The molecule has 0 aliphatic carbocycles. The van der Waals surface area contributed by atoms with Gasteiger partial charge in [0.15, 0.2) is 5.78 Å². The second kappa shape index (κ2) is 5.13. The molecule has 0 bridgehead atoms. The van der Waals surface area contributed by atoms with E-state index in [-0.39, 0.29) is 30.2 Å². The number of hydrogen-bond donors (Lipinski definition) is 1. The molecule has 1 aliphatic heterocycles. The fourth-order valence-electron chi connectivity index (χ4n) is 2.54. The van der Waals surface area contributed by atoms with Crippen LogP contribution in [0.1, 0.15) is 36.7 Å². The maximum Gasteiger partial charge on any atom is 0.229 e. The van der Waals surface area contributed by atoms with Gasteiger partial charge >= 0.3 is 0 Å². The van der Waals surface area contributed by atoms with E-state index in [0.29, 0.717) is 5.56 Å². The molecule has 0 radical (unpaired) electrons. The number of carbonyl (C=O) groups excluding carboxylic acids is 2. The zero-order valence-corrected chi connectivity index (χ0v) is 11.6. The van der Waals surface area contributed by atoms with Crippen LogP contribution in [0, 0.1) is 5.92 Å². The van der Waals surface area contributed by atoms with E-state index in [4.69, 9.17) is 5.73 Å². The van der Waals surface area contributed by atoms with Gasteiger partial charge in [0.1, 0.15) is 0 Å². The maximum absolute atomic E-state index is 12.2. The third-order valence-corrected chi connectivity index (χ3v) is 3.53. The van der Waals surface area contributed by atoms with E-state index in [1.165, 1.54) is 0 Å². The van der Waals surface area contributed by atoms with Crippen molar-refractivity contribution >= 4 is 17.4 Å². The van der Waals surface area contributed by atoms with Crippen LogP contribution >= 0.6 is 0 Å². The summed E-state index contributed by atoms with van der Waals surface area (Å²) in [4.78, 5) is 25.7. The number of carbonyl (C=O) groups is 2. The number of fused-ring (bicyclic) bond motifs is 1. The Morgan fingerprint density at radius 1 is 1.42 bits per heavy atom. The van der Waals surface area contributed by atoms with Crippen LogP contribution in [0.3, 0.4) is 0 Å². The Bertz CT molecular complexity index is 523. The van der Waals surface area contributed by atoms with Crippen molar-refractivity contribution in [3.05, 3.63) is 29.3 Å². The van der Waals surface area contributed by atoms with Gasteiger partial charge in [-0.3, -0.25) is 9.59 Å². The van der Waals surface area contributed by atoms with Gasteiger partial charge in [0, 0.05) is 23.2 Å². The van der Waals surface area contributed by atoms with Crippen molar-refractivity contribution in [3.63, 3.8) is 0 Å². The van der Waals surface area contributed by atoms with Crippen LogP contribution in [0.2, 0.25) is 0 Å². The molecule has 1 atom stereocenters. The second-order valence-electron chi connectivity index (χ2n) is 5.39. The van der Waals surface area contributed by atoms with Crippen LogP contribution in [0.4, 0.5) is 5.69 Å². The summed E-state index contributed by atoms with van der Waals surface area (Å²) >= 11 is 0. The number of nitrogens with zero attached hydrogens (tertiary/aromatic N) is 1. The van der Waals surface area contributed by atoms with Gasteiger partial charge in [-0.25, -0.2) is 0 Å². The van der Waals surface area contributed by atoms with Gasteiger partial charge in [0.05, 0.1) is 6.54 Å². The summed E-state index contributed by atoms with van der Waals surface area (Å²) in [5, 5.41) is 0. The molecular formula is C15H20N2O2. The van der Waals surface area contributed by atoms with Crippen molar-refractivity contribution in [1.82, 2.24) is 0 Å². The van der Waals surface area contributed by atoms with Gasteiger partial charge in [0.2, 0.25) is 5.91 Å². The van der Waals surface area contributed by atoms with Gasteiger partial charge in [-0.15, -0.1) is 0 Å². The lowest BCUT2D eigenvalue weighted by Crippen LogP contribution is -2.38. The summed E-state index contributed by atoms with van der Waals surface area (Å²) in [5.41, 5.74) is 8.00. The summed E-state index contributed by atoms with van der Waals surface area (Å²) in [6, 6.07) is 5.64. The molecule has 1 unspecified atom stereocenters. The summed E-state index contributed by atoms with van der Waals surface area (Å²) < 4.78 is 0. The molecule has 1 aromatic rings. The van der Waals surface area contributed by atoms with Crippen LogP contribution in [0.5, 0.6) is 0 Å². The van der Waals surface area contributed by atoms with E-state index in [0.717, 1.165) is 17.7 Å². The first-order valence-corrected chi connectivity index (χ1v) is 6.65. The Hall–Kier alpha value is -1.68. The van der Waals surface area contributed by atoms with E-state index in [9.17, 15) is 9.59 Å². The number of anilines is 1. The summed E-state index contributed by atoms with van der Waals surface area (Å²) in [5.74, 6) is 0.0343. The molecule has 102 valence electrons. The van der Waals surface area contributed by atoms with Crippen molar-refractivity contribution in [1.29, 1.82) is 0 Å². The number of ketones is 1.